The number of aromatic nitrogens is 1. The minimum absolute atomic E-state index is 0.368. The Labute approximate surface area is 183 Å². The number of aryl methyl sites for hydroxylation is 2. The van der Waals surface area contributed by atoms with E-state index in [0.717, 1.165) is 36.4 Å². The van der Waals surface area contributed by atoms with Crippen molar-refractivity contribution in [3.63, 3.8) is 0 Å². The number of halogens is 1. The Balaban J connectivity index is 1.72. The standard InChI is InChI=1S/C23H28ClN2O3P/c1-3-28-30(27,29-4-2)26-14-11-17(12-15-26)22-21-10-9-20(24)16-19(21)8-7-18-6-5-13-25-23(18)22/h5-6,9-10,13,16H,3-4,7-8,11-12,14-15H2,1-2H3. The maximum absolute atomic E-state index is 13.2. The molecule has 0 N–H and O–H groups in total. The predicted octanol–water partition coefficient (Wildman–Crippen LogP) is 5.91. The zero-order valence-electron chi connectivity index (χ0n) is 17.6. The molecule has 0 saturated carbocycles. The van der Waals surface area contributed by atoms with Crippen LogP contribution < -0.4 is 0 Å². The van der Waals surface area contributed by atoms with Gasteiger partial charge in [-0.2, -0.15) is 0 Å². The Morgan fingerprint density at radius 2 is 1.73 bits per heavy atom. The van der Waals surface area contributed by atoms with Gasteiger partial charge in [-0.3, -0.25) is 14.0 Å². The zero-order valence-corrected chi connectivity index (χ0v) is 19.2. The van der Waals surface area contributed by atoms with E-state index in [-0.39, 0.29) is 0 Å². The van der Waals surface area contributed by atoms with Gasteiger partial charge in [0.05, 0.1) is 18.9 Å². The molecule has 0 unspecified atom stereocenters. The molecule has 1 aliphatic carbocycles. The average molecular weight is 447 g/mol. The third-order valence-electron chi connectivity index (χ3n) is 5.76. The van der Waals surface area contributed by atoms with Crippen LogP contribution in [0.5, 0.6) is 0 Å². The fourth-order valence-electron chi connectivity index (χ4n) is 4.42. The number of fused-ring (bicyclic) bond motifs is 2. The van der Waals surface area contributed by atoms with Gasteiger partial charge in [-0.1, -0.05) is 29.3 Å². The maximum Gasteiger partial charge on any atom is 0.408 e. The van der Waals surface area contributed by atoms with Crippen LogP contribution >= 0.6 is 19.3 Å². The van der Waals surface area contributed by atoms with Crippen molar-refractivity contribution in [3.05, 3.63) is 69.5 Å². The van der Waals surface area contributed by atoms with Crippen LogP contribution in [0.2, 0.25) is 5.02 Å². The van der Waals surface area contributed by atoms with Gasteiger partial charge in [0.2, 0.25) is 0 Å². The first-order chi connectivity index (χ1) is 14.6. The highest BCUT2D eigenvalue weighted by molar-refractivity contribution is 7.51. The summed E-state index contributed by atoms with van der Waals surface area (Å²) in [6.07, 6.45) is 5.37. The molecular formula is C23H28ClN2O3P. The molecule has 1 fully saturated rings. The van der Waals surface area contributed by atoms with Gasteiger partial charge in [0.25, 0.3) is 0 Å². The van der Waals surface area contributed by atoms with E-state index in [1.54, 1.807) is 0 Å². The molecule has 5 nitrogen and oxygen atoms in total. The van der Waals surface area contributed by atoms with E-state index in [1.807, 2.05) is 36.8 Å². The van der Waals surface area contributed by atoms with Gasteiger partial charge in [0.15, 0.2) is 0 Å². The summed E-state index contributed by atoms with van der Waals surface area (Å²) in [5.74, 6) is 0. The van der Waals surface area contributed by atoms with Gasteiger partial charge in [0.1, 0.15) is 0 Å². The van der Waals surface area contributed by atoms with Crippen LogP contribution in [-0.2, 0) is 26.5 Å². The van der Waals surface area contributed by atoms with Gasteiger partial charge in [0, 0.05) is 29.9 Å². The van der Waals surface area contributed by atoms with Crippen LogP contribution in [0.4, 0.5) is 0 Å². The largest absolute Gasteiger partial charge is 0.408 e. The Morgan fingerprint density at radius 1 is 1.03 bits per heavy atom. The second kappa shape index (κ2) is 9.33. The van der Waals surface area contributed by atoms with E-state index in [0.29, 0.717) is 26.3 Å². The number of pyridine rings is 1. The molecule has 160 valence electrons. The highest BCUT2D eigenvalue weighted by Crippen LogP contribution is 2.53. The van der Waals surface area contributed by atoms with Gasteiger partial charge >= 0.3 is 7.75 Å². The lowest BCUT2D eigenvalue weighted by molar-refractivity contribution is 0.163. The number of hydrogen-bond donors (Lipinski definition) is 0. The summed E-state index contributed by atoms with van der Waals surface area (Å²) < 4.78 is 26.2. The minimum Gasteiger partial charge on any atom is -0.297 e. The Bertz CT molecular complexity index is 988. The quantitative estimate of drug-likeness (QED) is 0.534. The van der Waals surface area contributed by atoms with Crippen LogP contribution in [0, 0.1) is 0 Å². The number of piperidine rings is 1. The zero-order chi connectivity index (χ0) is 21.1. The average Bonchev–Trinajstić information content (AvgIpc) is 2.91. The lowest BCUT2D eigenvalue weighted by atomic mass is 9.89. The van der Waals surface area contributed by atoms with Crippen LogP contribution in [0.3, 0.4) is 0 Å². The predicted molar refractivity (Wildman–Crippen MR) is 121 cm³/mol. The van der Waals surface area contributed by atoms with E-state index in [4.69, 9.17) is 25.6 Å². The van der Waals surface area contributed by atoms with Gasteiger partial charge < -0.3 is 0 Å². The van der Waals surface area contributed by atoms with Crippen molar-refractivity contribution >= 4 is 24.9 Å². The van der Waals surface area contributed by atoms with Crippen molar-refractivity contribution in [1.82, 2.24) is 9.65 Å². The fourth-order valence-corrected chi connectivity index (χ4v) is 6.36. The first-order valence-electron chi connectivity index (χ1n) is 10.7. The Kier molecular flexibility index (Phi) is 6.76. The third kappa shape index (κ3) is 4.28. The molecule has 0 bridgehead atoms. The molecule has 7 heteroatoms. The Morgan fingerprint density at radius 3 is 2.43 bits per heavy atom. The smallest absolute Gasteiger partial charge is 0.297 e. The summed E-state index contributed by atoms with van der Waals surface area (Å²) in [7, 11) is -3.23. The van der Waals surface area contributed by atoms with Crippen LogP contribution in [0.15, 0.2) is 42.1 Å². The molecule has 0 radical (unpaired) electrons. The van der Waals surface area contributed by atoms with Crippen LogP contribution in [-0.4, -0.2) is 36.0 Å². The molecule has 0 spiro atoms. The summed E-state index contributed by atoms with van der Waals surface area (Å²) in [6.45, 7) is 5.71. The first-order valence-corrected chi connectivity index (χ1v) is 12.5. The highest BCUT2D eigenvalue weighted by atomic mass is 35.5. The second-order valence-corrected chi connectivity index (χ2v) is 10.0. The van der Waals surface area contributed by atoms with Gasteiger partial charge in [-0.25, -0.2) is 9.24 Å². The molecule has 2 heterocycles. The SMILES string of the molecule is CCOP(=O)(OCC)N1CCC(=C2c3ccc(Cl)cc3CCc3cccnc32)CC1. The molecule has 2 aliphatic rings. The second-order valence-electron chi connectivity index (χ2n) is 7.55. The lowest BCUT2D eigenvalue weighted by Gasteiger charge is -2.34. The number of rotatable bonds is 5. The molecule has 0 amide bonds. The van der Waals surface area contributed by atoms with Crippen LogP contribution in [0.25, 0.3) is 5.57 Å². The molecule has 1 aliphatic heterocycles. The first kappa shape index (κ1) is 21.7. The highest BCUT2D eigenvalue weighted by Gasteiger charge is 2.36. The van der Waals surface area contributed by atoms with Crippen molar-refractivity contribution in [2.24, 2.45) is 0 Å². The molecule has 30 heavy (non-hydrogen) atoms. The van der Waals surface area contributed by atoms with Gasteiger partial charge in [-0.15, -0.1) is 0 Å². The van der Waals surface area contributed by atoms with E-state index >= 15 is 0 Å². The van der Waals surface area contributed by atoms with Crippen molar-refractivity contribution in [1.29, 1.82) is 0 Å². The van der Waals surface area contributed by atoms with E-state index in [2.05, 4.69) is 18.2 Å². The minimum atomic E-state index is -3.23. The summed E-state index contributed by atoms with van der Waals surface area (Å²) in [4.78, 5) is 4.78. The maximum atomic E-state index is 13.2. The Hall–Kier alpha value is -1.49. The molecule has 1 aromatic carbocycles. The van der Waals surface area contributed by atoms with E-state index in [9.17, 15) is 4.57 Å². The van der Waals surface area contributed by atoms with Crippen molar-refractivity contribution < 1.29 is 13.6 Å². The molecule has 0 atom stereocenters. The van der Waals surface area contributed by atoms with E-state index < -0.39 is 7.75 Å². The molecular weight excluding hydrogens is 419 g/mol. The van der Waals surface area contributed by atoms with Crippen LogP contribution in [0.1, 0.15) is 49.1 Å². The summed E-state index contributed by atoms with van der Waals surface area (Å²) in [5, 5.41) is 0.765. The van der Waals surface area contributed by atoms with Gasteiger partial charge in [-0.05, 0) is 74.4 Å². The van der Waals surface area contributed by atoms with Crippen molar-refractivity contribution in [2.45, 2.75) is 39.5 Å². The topological polar surface area (TPSA) is 51.7 Å². The summed E-state index contributed by atoms with van der Waals surface area (Å²) in [5.41, 5.74) is 7.38. The normalized spacial score (nSPS) is 17.4. The number of benzene rings is 1. The number of nitrogens with zero attached hydrogens (tertiary/aromatic N) is 2. The fraction of sp³-hybridized carbons (Fsp3) is 0.435. The van der Waals surface area contributed by atoms with Crippen molar-refractivity contribution in [3.8, 4) is 0 Å². The van der Waals surface area contributed by atoms with E-state index in [1.165, 1.54) is 27.8 Å². The summed E-state index contributed by atoms with van der Waals surface area (Å²) >= 11 is 6.31. The lowest BCUT2D eigenvalue weighted by Crippen LogP contribution is -2.30. The number of hydrogen-bond acceptors (Lipinski definition) is 4. The van der Waals surface area contributed by atoms with Crippen molar-refractivity contribution in [2.75, 3.05) is 26.3 Å². The molecule has 1 saturated heterocycles. The molecule has 1 aromatic heterocycles. The summed E-state index contributed by atoms with van der Waals surface area (Å²) in [6, 6.07) is 10.3. The third-order valence-corrected chi connectivity index (χ3v) is 8.25. The molecule has 2 aromatic rings. The molecule has 4 rings (SSSR count). The monoisotopic (exact) mass is 446 g/mol.